The first-order chi connectivity index (χ1) is 12.9. The standard InChI is InChI=1S/C23H32N2O2.Y/c1-25(15-16-5-4-6-16)12-11-22-9-2-3-10-23(22,27)20(25)14-17-7-8-18(21(24)26)13-19(17)22;/h7-8,13,16,20,27H,2-6,9-12,14-15H2,1H3,(H-,24,26);/p+1/t20-,22+,23-,25?;/m1./s1. The summed E-state index contributed by atoms with van der Waals surface area (Å²) >= 11 is 0. The third-order valence-electron chi connectivity index (χ3n) is 8.82. The van der Waals surface area contributed by atoms with Crippen LogP contribution in [-0.4, -0.2) is 47.3 Å². The second kappa shape index (κ2) is 7.15. The Morgan fingerprint density at radius 3 is 2.64 bits per heavy atom. The number of nitrogens with two attached hydrogens (primary N) is 1. The van der Waals surface area contributed by atoms with Crippen molar-refractivity contribution in [3.05, 3.63) is 34.9 Å². The van der Waals surface area contributed by atoms with Gasteiger partial charge in [0.05, 0.1) is 20.1 Å². The molecular weight excluding hydrogens is 425 g/mol. The van der Waals surface area contributed by atoms with E-state index in [2.05, 4.69) is 13.1 Å². The molecule has 4 atom stereocenters. The normalized spacial score (nSPS) is 39.1. The van der Waals surface area contributed by atoms with Gasteiger partial charge in [0.15, 0.2) is 0 Å². The van der Waals surface area contributed by atoms with Crippen molar-refractivity contribution in [1.82, 2.24) is 0 Å². The molecule has 1 aromatic carbocycles. The van der Waals surface area contributed by atoms with Crippen molar-refractivity contribution in [2.75, 3.05) is 20.1 Å². The zero-order valence-corrected chi connectivity index (χ0v) is 20.0. The summed E-state index contributed by atoms with van der Waals surface area (Å²) in [6, 6.07) is 6.30. The van der Waals surface area contributed by atoms with Gasteiger partial charge in [0.1, 0.15) is 11.6 Å². The molecule has 1 saturated heterocycles. The van der Waals surface area contributed by atoms with Gasteiger partial charge in [-0.2, -0.15) is 0 Å². The van der Waals surface area contributed by atoms with Crippen LogP contribution in [0.2, 0.25) is 0 Å². The minimum absolute atomic E-state index is 0. The van der Waals surface area contributed by atoms with Gasteiger partial charge in [0.2, 0.25) is 5.91 Å². The molecule has 0 aromatic heterocycles. The predicted octanol–water partition coefficient (Wildman–Crippen LogP) is 2.90. The Morgan fingerprint density at radius 1 is 1.21 bits per heavy atom. The summed E-state index contributed by atoms with van der Waals surface area (Å²) in [5.74, 6) is 0.477. The Labute approximate surface area is 193 Å². The Bertz CT molecular complexity index is 795. The van der Waals surface area contributed by atoms with Crippen LogP contribution in [0.25, 0.3) is 0 Å². The first-order valence-corrected chi connectivity index (χ1v) is 10.9. The van der Waals surface area contributed by atoms with E-state index >= 15 is 0 Å². The number of piperidine rings is 1. The zero-order valence-electron chi connectivity index (χ0n) is 17.1. The number of nitrogens with zero attached hydrogens (tertiary/aromatic N) is 1. The second-order valence-electron chi connectivity index (χ2n) is 10.1. The molecule has 1 amide bonds. The summed E-state index contributed by atoms with van der Waals surface area (Å²) in [6.45, 7) is 2.36. The molecule has 1 radical (unpaired) electrons. The number of likely N-dealkylation sites (N-methyl/N-ethyl adjacent to an activating group) is 1. The zero-order chi connectivity index (χ0) is 18.9. The van der Waals surface area contributed by atoms with E-state index in [1.807, 2.05) is 12.1 Å². The van der Waals surface area contributed by atoms with Crippen LogP contribution < -0.4 is 5.73 Å². The van der Waals surface area contributed by atoms with E-state index in [1.54, 1.807) is 0 Å². The summed E-state index contributed by atoms with van der Waals surface area (Å²) in [7, 11) is 2.41. The molecule has 28 heavy (non-hydrogen) atoms. The van der Waals surface area contributed by atoms with Crippen molar-refractivity contribution in [2.45, 2.75) is 74.8 Å². The summed E-state index contributed by atoms with van der Waals surface area (Å²) in [6.07, 6.45) is 10.3. The fourth-order valence-electron chi connectivity index (χ4n) is 7.16. The van der Waals surface area contributed by atoms with Gasteiger partial charge in [-0.1, -0.05) is 25.3 Å². The van der Waals surface area contributed by atoms with Crippen molar-refractivity contribution in [2.24, 2.45) is 11.7 Å². The van der Waals surface area contributed by atoms with E-state index in [0.717, 1.165) is 49.0 Å². The number of hydrogen-bond donors (Lipinski definition) is 2. The van der Waals surface area contributed by atoms with E-state index in [0.29, 0.717) is 5.56 Å². The summed E-state index contributed by atoms with van der Waals surface area (Å²) in [4.78, 5) is 11.8. The largest absolute Gasteiger partial charge is 0.383 e. The van der Waals surface area contributed by atoms with E-state index in [4.69, 9.17) is 5.73 Å². The van der Waals surface area contributed by atoms with Gasteiger partial charge in [-0.05, 0) is 48.9 Å². The molecular formula is C23H33N2O2Y+. The van der Waals surface area contributed by atoms with Gasteiger partial charge in [0.25, 0.3) is 0 Å². The van der Waals surface area contributed by atoms with Gasteiger partial charge in [0, 0.05) is 62.4 Å². The van der Waals surface area contributed by atoms with Crippen LogP contribution in [0.5, 0.6) is 0 Å². The van der Waals surface area contributed by atoms with E-state index in [9.17, 15) is 9.90 Å². The van der Waals surface area contributed by atoms with Gasteiger partial charge < -0.3 is 15.3 Å². The SMILES string of the molecule is C[N+]1(CC2CCC2)CC[C@]23CCCC[C@@]2(O)[C@H]1Cc1ccc(C(N)=O)cc13.[Y]. The van der Waals surface area contributed by atoms with Crippen molar-refractivity contribution in [1.29, 1.82) is 0 Å². The molecule has 4 aliphatic rings. The molecule has 3 N–H and O–H groups in total. The Hall–Kier alpha value is -0.286. The number of aliphatic hydroxyl groups is 1. The molecule has 1 heterocycles. The molecule has 2 saturated carbocycles. The van der Waals surface area contributed by atoms with Crippen LogP contribution in [0.1, 0.15) is 72.9 Å². The number of fused-ring (bicyclic) bond motifs is 1. The number of rotatable bonds is 3. The molecule has 149 valence electrons. The minimum Gasteiger partial charge on any atom is -0.383 e. The van der Waals surface area contributed by atoms with Crippen molar-refractivity contribution in [3.8, 4) is 0 Å². The third-order valence-corrected chi connectivity index (χ3v) is 8.82. The molecule has 3 fully saturated rings. The van der Waals surface area contributed by atoms with Crippen LogP contribution in [0, 0.1) is 5.92 Å². The van der Waals surface area contributed by atoms with Crippen LogP contribution >= 0.6 is 0 Å². The fourth-order valence-corrected chi connectivity index (χ4v) is 7.16. The molecule has 1 aromatic rings. The number of carbonyl (C=O) groups is 1. The monoisotopic (exact) mass is 458 g/mol. The average molecular weight is 458 g/mol. The Kier molecular flexibility index (Phi) is 5.35. The first kappa shape index (κ1) is 21.0. The smallest absolute Gasteiger partial charge is 0.248 e. The van der Waals surface area contributed by atoms with E-state index in [-0.39, 0.29) is 50.1 Å². The molecule has 4 nitrogen and oxygen atoms in total. The maximum absolute atomic E-state index is 12.2. The first-order valence-electron chi connectivity index (χ1n) is 10.9. The molecule has 1 aliphatic heterocycles. The van der Waals surface area contributed by atoms with Gasteiger partial charge in [-0.15, -0.1) is 0 Å². The second-order valence-corrected chi connectivity index (χ2v) is 10.1. The predicted molar refractivity (Wildman–Crippen MR) is 105 cm³/mol. The third kappa shape index (κ3) is 2.81. The quantitative estimate of drug-likeness (QED) is 0.685. The molecule has 2 bridgehead atoms. The average Bonchev–Trinajstić information content (AvgIpc) is 2.61. The van der Waals surface area contributed by atoms with Gasteiger partial charge >= 0.3 is 0 Å². The summed E-state index contributed by atoms with van der Waals surface area (Å²) in [5, 5.41) is 12.2. The van der Waals surface area contributed by atoms with Crippen molar-refractivity contribution in [3.63, 3.8) is 0 Å². The Balaban J connectivity index is 0.00000192. The summed E-state index contributed by atoms with van der Waals surface area (Å²) in [5.41, 5.74) is 7.91. The maximum atomic E-state index is 12.2. The van der Waals surface area contributed by atoms with E-state index in [1.165, 1.54) is 43.4 Å². The maximum Gasteiger partial charge on any atom is 0.248 e. The number of amides is 1. The number of benzene rings is 1. The van der Waals surface area contributed by atoms with E-state index < -0.39 is 5.60 Å². The van der Waals surface area contributed by atoms with Crippen LogP contribution in [-0.2, 0) is 44.5 Å². The molecule has 1 unspecified atom stereocenters. The number of quaternary nitrogens is 1. The number of hydrogen-bond acceptors (Lipinski definition) is 2. The fraction of sp³-hybridized carbons (Fsp3) is 0.696. The number of primary amides is 1. The molecule has 5 rings (SSSR count). The van der Waals surface area contributed by atoms with Crippen LogP contribution in [0.3, 0.4) is 0 Å². The summed E-state index contributed by atoms with van der Waals surface area (Å²) < 4.78 is 1.03. The Morgan fingerprint density at radius 2 is 1.96 bits per heavy atom. The topological polar surface area (TPSA) is 63.3 Å². The van der Waals surface area contributed by atoms with Gasteiger partial charge in [-0.25, -0.2) is 0 Å². The van der Waals surface area contributed by atoms with Crippen molar-refractivity contribution < 1.29 is 47.1 Å². The molecule has 0 spiro atoms. The molecule has 3 aliphatic carbocycles. The number of likely N-dealkylation sites (tertiary alicyclic amines) is 1. The molecule has 5 heteroatoms. The van der Waals surface area contributed by atoms with Crippen LogP contribution in [0.4, 0.5) is 0 Å². The van der Waals surface area contributed by atoms with Gasteiger partial charge in [-0.3, -0.25) is 4.79 Å². The number of carbonyl (C=O) groups excluding carboxylic acids is 1. The van der Waals surface area contributed by atoms with Crippen molar-refractivity contribution >= 4 is 5.91 Å². The minimum atomic E-state index is -0.648. The van der Waals surface area contributed by atoms with Crippen LogP contribution in [0.15, 0.2) is 18.2 Å².